The lowest BCUT2D eigenvalue weighted by atomic mass is 10.1. The van der Waals surface area contributed by atoms with Crippen molar-refractivity contribution in [1.82, 2.24) is 5.32 Å². The van der Waals surface area contributed by atoms with E-state index in [1.54, 1.807) is 23.1 Å². The molecular formula is C17H18N2O2. The second-order valence-electron chi connectivity index (χ2n) is 5.38. The molecule has 0 saturated carbocycles. The van der Waals surface area contributed by atoms with Crippen molar-refractivity contribution >= 4 is 11.6 Å². The Morgan fingerprint density at radius 1 is 1.24 bits per heavy atom. The third kappa shape index (κ3) is 2.76. The molecule has 1 amide bonds. The lowest BCUT2D eigenvalue weighted by Crippen LogP contribution is -2.39. The van der Waals surface area contributed by atoms with Crippen LogP contribution < -0.4 is 10.2 Å². The number of amides is 1. The van der Waals surface area contributed by atoms with Gasteiger partial charge < -0.3 is 15.3 Å². The molecule has 0 spiro atoms. The van der Waals surface area contributed by atoms with Crippen molar-refractivity contribution in [3.05, 3.63) is 59.7 Å². The monoisotopic (exact) mass is 282 g/mol. The topological polar surface area (TPSA) is 52.6 Å². The van der Waals surface area contributed by atoms with Crippen LogP contribution in [0.3, 0.4) is 0 Å². The van der Waals surface area contributed by atoms with Crippen LogP contribution >= 0.6 is 0 Å². The number of hydrogen-bond donors (Lipinski definition) is 2. The van der Waals surface area contributed by atoms with E-state index in [0.717, 1.165) is 17.8 Å². The van der Waals surface area contributed by atoms with Gasteiger partial charge in [-0.1, -0.05) is 24.3 Å². The highest BCUT2D eigenvalue weighted by Gasteiger charge is 2.24. The van der Waals surface area contributed by atoms with E-state index in [1.165, 1.54) is 6.07 Å². The summed E-state index contributed by atoms with van der Waals surface area (Å²) in [6, 6.07) is 14.6. The van der Waals surface area contributed by atoms with Crippen molar-refractivity contribution in [3.63, 3.8) is 0 Å². The number of rotatable bonds is 1. The minimum absolute atomic E-state index is 0.0890. The highest BCUT2D eigenvalue weighted by molar-refractivity contribution is 6.06. The number of nitrogens with zero attached hydrogens (tertiary/aromatic N) is 1. The maximum Gasteiger partial charge on any atom is 0.258 e. The fraction of sp³-hybridized carbons (Fsp3) is 0.235. The molecule has 2 aromatic carbocycles. The molecular weight excluding hydrogens is 264 g/mol. The van der Waals surface area contributed by atoms with Gasteiger partial charge in [-0.25, -0.2) is 0 Å². The Morgan fingerprint density at radius 3 is 2.86 bits per heavy atom. The molecule has 108 valence electrons. The Balaban J connectivity index is 2.01. The van der Waals surface area contributed by atoms with Crippen LogP contribution in [0.2, 0.25) is 0 Å². The number of carbonyl (C=O) groups is 1. The average molecular weight is 282 g/mol. The SMILES string of the molecule is CC1CN(C(=O)c2cccc(O)c2)c2ccccc2CN1. The van der Waals surface area contributed by atoms with Crippen LogP contribution in [0.5, 0.6) is 5.75 Å². The third-order valence-corrected chi connectivity index (χ3v) is 3.72. The molecule has 0 saturated heterocycles. The zero-order chi connectivity index (χ0) is 14.8. The van der Waals surface area contributed by atoms with Crippen molar-refractivity contribution in [3.8, 4) is 5.75 Å². The molecule has 0 radical (unpaired) electrons. The highest BCUT2D eigenvalue weighted by atomic mass is 16.3. The molecule has 0 bridgehead atoms. The van der Waals surface area contributed by atoms with Crippen LogP contribution in [0, 0.1) is 0 Å². The molecule has 4 heteroatoms. The van der Waals surface area contributed by atoms with Crippen LogP contribution in [-0.2, 0) is 6.54 Å². The number of phenolic OH excluding ortho intramolecular Hbond substituents is 1. The summed E-state index contributed by atoms with van der Waals surface area (Å²) in [6.07, 6.45) is 0. The highest BCUT2D eigenvalue weighted by Crippen LogP contribution is 2.25. The average Bonchev–Trinajstić information content (AvgIpc) is 2.66. The summed E-state index contributed by atoms with van der Waals surface area (Å²) in [5, 5.41) is 13.0. The molecule has 0 aromatic heterocycles. The number of anilines is 1. The minimum atomic E-state index is -0.0890. The molecule has 2 N–H and O–H groups in total. The van der Waals surface area contributed by atoms with Gasteiger partial charge in [0, 0.05) is 30.4 Å². The van der Waals surface area contributed by atoms with Gasteiger partial charge in [-0.05, 0) is 36.8 Å². The smallest absolute Gasteiger partial charge is 0.258 e. The number of benzene rings is 2. The van der Waals surface area contributed by atoms with E-state index in [-0.39, 0.29) is 17.7 Å². The molecule has 1 aliphatic heterocycles. The Hall–Kier alpha value is -2.33. The van der Waals surface area contributed by atoms with E-state index in [0.29, 0.717) is 12.1 Å². The predicted octanol–water partition coefficient (Wildman–Crippen LogP) is 2.53. The van der Waals surface area contributed by atoms with Gasteiger partial charge in [-0.2, -0.15) is 0 Å². The molecule has 21 heavy (non-hydrogen) atoms. The molecule has 0 aliphatic carbocycles. The minimum Gasteiger partial charge on any atom is -0.508 e. The van der Waals surface area contributed by atoms with Crippen molar-refractivity contribution in [2.75, 3.05) is 11.4 Å². The summed E-state index contributed by atoms with van der Waals surface area (Å²) in [5.74, 6) is 0.0176. The van der Waals surface area contributed by atoms with E-state index in [4.69, 9.17) is 0 Å². The number of carbonyl (C=O) groups excluding carboxylic acids is 1. The molecule has 3 rings (SSSR count). The predicted molar refractivity (Wildman–Crippen MR) is 82.5 cm³/mol. The molecule has 1 unspecified atom stereocenters. The number of nitrogens with one attached hydrogen (secondary N) is 1. The molecule has 1 heterocycles. The lowest BCUT2D eigenvalue weighted by Gasteiger charge is -2.24. The van der Waals surface area contributed by atoms with E-state index in [1.807, 2.05) is 24.3 Å². The van der Waals surface area contributed by atoms with Crippen molar-refractivity contribution in [2.24, 2.45) is 0 Å². The molecule has 1 aliphatic rings. The van der Waals surface area contributed by atoms with Gasteiger partial charge in [0.2, 0.25) is 0 Å². The zero-order valence-corrected chi connectivity index (χ0v) is 11.9. The fourth-order valence-corrected chi connectivity index (χ4v) is 2.63. The van der Waals surface area contributed by atoms with Crippen LogP contribution in [0.1, 0.15) is 22.8 Å². The molecule has 2 aromatic rings. The van der Waals surface area contributed by atoms with Gasteiger partial charge in [-0.3, -0.25) is 4.79 Å². The van der Waals surface area contributed by atoms with Crippen molar-refractivity contribution in [2.45, 2.75) is 19.5 Å². The summed E-state index contributed by atoms with van der Waals surface area (Å²) in [6.45, 7) is 3.42. The number of fused-ring (bicyclic) bond motifs is 1. The summed E-state index contributed by atoms with van der Waals surface area (Å²) in [5.41, 5.74) is 2.54. The van der Waals surface area contributed by atoms with Gasteiger partial charge in [-0.15, -0.1) is 0 Å². The number of hydrogen-bond acceptors (Lipinski definition) is 3. The van der Waals surface area contributed by atoms with E-state index < -0.39 is 0 Å². The van der Waals surface area contributed by atoms with Crippen LogP contribution in [0.4, 0.5) is 5.69 Å². The Morgan fingerprint density at radius 2 is 2.05 bits per heavy atom. The maximum absolute atomic E-state index is 12.8. The second-order valence-corrected chi connectivity index (χ2v) is 5.38. The van der Waals surface area contributed by atoms with E-state index in [9.17, 15) is 9.90 Å². The maximum atomic E-state index is 12.8. The van der Waals surface area contributed by atoms with Gasteiger partial charge >= 0.3 is 0 Å². The summed E-state index contributed by atoms with van der Waals surface area (Å²) < 4.78 is 0. The summed E-state index contributed by atoms with van der Waals surface area (Å²) >= 11 is 0. The first-order valence-corrected chi connectivity index (χ1v) is 7.07. The van der Waals surface area contributed by atoms with Gasteiger partial charge in [0.05, 0.1) is 0 Å². The van der Waals surface area contributed by atoms with Gasteiger partial charge in [0.1, 0.15) is 5.75 Å². The first-order valence-electron chi connectivity index (χ1n) is 7.07. The zero-order valence-electron chi connectivity index (χ0n) is 11.9. The normalized spacial score (nSPS) is 18.0. The van der Waals surface area contributed by atoms with Gasteiger partial charge in [0.25, 0.3) is 5.91 Å². The number of aromatic hydroxyl groups is 1. The summed E-state index contributed by atoms with van der Waals surface area (Å²) in [7, 11) is 0. The summed E-state index contributed by atoms with van der Waals surface area (Å²) in [4.78, 5) is 14.6. The fourth-order valence-electron chi connectivity index (χ4n) is 2.63. The van der Waals surface area contributed by atoms with Crippen molar-refractivity contribution in [1.29, 1.82) is 0 Å². The first kappa shape index (κ1) is 13.6. The standard InChI is InChI=1S/C17H18N2O2/c1-12-11-19(16-8-3-2-5-14(16)10-18-12)17(21)13-6-4-7-15(20)9-13/h2-9,12,18,20H,10-11H2,1H3. The number of para-hydroxylation sites is 1. The van der Waals surface area contributed by atoms with Crippen LogP contribution in [-0.4, -0.2) is 23.6 Å². The molecule has 4 nitrogen and oxygen atoms in total. The van der Waals surface area contributed by atoms with Gasteiger partial charge in [0.15, 0.2) is 0 Å². The van der Waals surface area contributed by atoms with E-state index >= 15 is 0 Å². The quantitative estimate of drug-likeness (QED) is 0.845. The van der Waals surface area contributed by atoms with E-state index in [2.05, 4.69) is 12.2 Å². The lowest BCUT2D eigenvalue weighted by molar-refractivity contribution is 0.0985. The Bertz CT molecular complexity index is 669. The van der Waals surface area contributed by atoms with Crippen LogP contribution in [0.25, 0.3) is 0 Å². The molecule has 0 fully saturated rings. The first-order chi connectivity index (χ1) is 10.1. The van der Waals surface area contributed by atoms with Crippen LogP contribution in [0.15, 0.2) is 48.5 Å². The second kappa shape index (κ2) is 5.58. The van der Waals surface area contributed by atoms with Crippen molar-refractivity contribution < 1.29 is 9.90 Å². The molecule has 1 atom stereocenters. The largest absolute Gasteiger partial charge is 0.508 e. The number of phenols is 1. The third-order valence-electron chi connectivity index (χ3n) is 3.72. The Labute approximate surface area is 124 Å². The Kier molecular flexibility index (Phi) is 3.62.